The normalized spacial score (nSPS) is 12.0. The van der Waals surface area contributed by atoms with Gasteiger partial charge in [0.15, 0.2) is 0 Å². The molecule has 4 N–H and O–H groups in total. The fraction of sp³-hybridized carbons (Fsp3) is 0.294. The summed E-state index contributed by atoms with van der Waals surface area (Å²) in [4.78, 5) is 26.3. The highest BCUT2D eigenvalue weighted by Crippen LogP contribution is 2.22. The molecule has 1 aromatic carbocycles. The summed E-state index contributed by atoms with van der Waals surface area (Å²) in [6, 6.07) is 10.7. The van der Waals surface area contributed by atoms with E-state index in [4.69, 9.17) is 5.73 Å². The molecule has 0 fully saturated rings. The summed E-state index contributed by atoms with van der Waals surface area (Å²) < 4.78 is 0. The number of amides is 3. The molecule has 0 saturated heterocycles. The van der Waals surface area contributed by atoms with Crippen molar-refractivity contribution in [3.05, 3.63) is 57.8 Å². The second kappa shape index (κ2) is 8.47. The molecule has 0 saturated carbocycles. The van der Waals surface area contributed by atoms with Crippen LogP contribution in [0.2, 0.25) is 0 Å². The van der Waals surface area contributed by atoms with Crippen molar-refractivity contribution in [3.8, 4) is 0 Å². The second-order valence-corrected chi connectivity index (χ2v) is 6.60. The van der Waals surface area contributed by atoms with Gasteiger partial charge in [-0.15, -0.1) is 11.3 Å². The molecular formula is C17H22N4O2S. The van der Waals surface area contributed by atoms with E-state index in [1.54, 1.807) is 35.6 Å². The van der Waals surface area contributed by atoms with Crippen LogP contribution in [0.4, 0.5) is 4.79 Å². The molecule has 6 nitrogen and oxygen atoms in total. The van der Waals surface area contributed by atoms with E-state index in [9.17, 15) is 9.59 Å². The van der Waals surface area contributed by atoms with Crippen molar-refractivity contribution >= 4 is 23.3 Å². The van der Waals surface area contributed by atoms with E-state index in [0.717, 1.165) is 5.56 Å². The second-order valence-electron chi connectivity index (χ2n) is 5.62. The molecule has 0 bridgehead atoms. The van der Waals surface area contributed by atoms with Crippen LogP contribution in [0.5, 0.6) is 0 Å². The lowest BCUT2D eigenvalue weighted by molar-refractivity contribution is 0.0942. The minimum absolute atomic E-state index is 0.118. The van der Waals surface area contributed by atoms with Gasteiger partial charge in [-0.3, -0.25) is 4.79 Å². The lowest BCUT2D eigenvalue weighted by atomic mass is 10.1. The van der Waals surface area contributed by atoms with Crippen LogP contribution in [0.1, 0.15) is 26.8 Å². The molecule has 0 radical (unpaired) electrons. The van der Waals surface area contributed by atoms with Gasteiger partial charge in [0, 0.05) is 23.5 Å². The van der Waals surface area contributed by atoms with Gasteiger partial charge in [-0.05, 0) is 43.2 Å². The Bertz CT molecular complexity index is 668. The Morgan fingerprint density at radius 1 is 1.17 bits per heavy atom. The number of benzene rings is 1. The maximum atomic E-state index is 12.3. The van der Waals surface area contributed by atoms with Crippen molar-refractivity contribution in [2.45, 2.75) is 12.6 Å². The molecule has 2 aromatic rings. The van der Waals surface area contributed by atoms with Crippen LogP contribution in [0.3, 0.4) is 0 Å². The predicted octanol–water partition coefficient (Wildman–Crippen LogP) is 1.95. The van der Waals surface area contributed by atoms with Crippen LogP contribution < -0.4 is 16.4 Å². The third-order valence-electron chi connectivity index (χ3n) is 3.63. The zero-order valence-electron chi connectivity index (χ0n) is 13.8. The largest absolute Gasteiger partial charge is 0.352 e. The molecule has 0 aliphatic heterocycles. The Morgan fingerprint density at radius 3 is 2.42 bits per heavy atom. The van der Waals surface area contributed by atoms with Crippen LogP contribution in [0.15, 0.2) is 41.8 Å². The molecule has 2 rings (SSSR count). The maximum absolute atomic E-state index is 12.3. The van der Waals surface area contributed by atoms with Crippen molar-refractivity contribution in [2.75, 3.05) is 20.6 Å². The van der Waals surface area contributed by atoms with E-state index >= 15 is 0 Å². The number of hydrogen-bond acceptors (Lipinski definition) is 4. The maximum Gasteiger partial charge on any atom is 0.312 e. The molecule has 7 heteroatoms. The highest BCUT2D eigenvalue weighted by atomic mass is 32.1. The number of nitrogens with zero attached hydrogens (tertiary/aromatic N) is 1. The molecule has 0 aliphatic carbocycles. The molecule has 0 spiro atoms. The first-order valence-corrected chi connectivity index (χ1v) is 8.45. The van der Waals surface area contributed by atoms with Gasteiger partial charge in [-0.1, -0.05) is 18.2 Å². The standard InChI is InChI=1S/C17H22N4O2S/c1-21(2)14(15-4-3-9-24-15)11-19-16(22)13-7-5-12(6-8-13)10-20-17(18)23/h3-9,14H,10-11H2,1-2H3,(H,19,22)(H3,18,20,23)/t14-/m0/s1. The summed E-state index contributed by atoms with van der Waals surface area (Å²) in [5.41, 5.74) is 6.50. The monoisotopic (exact) mass is 346 g/mol. The van der Waals surface area contributed by atoms with E-state index in [-0.39, 0.29) is 11.9 Å². The summed E-state index contributed by atoms with van der Waals surface area (Å²) in [6.07, 6.45) is 0. The van der Waals surface area contributed by atoms with Gasteiger partial charge < -0.3 is 21.3 Å². The molecular weight excluding hydrogens is 324 g/mol. The van der Waals surface area contributed by atoms with E-state index < -0.39 is 6.03 Å². The number of hydrogen-bond donors (Lipinski definition) is 3. The van der Waals surface area contributed by atoms with Gasteiger partial charge >= 0.3 is 6.03 Å². The summed E-state index contributed by atoms with van der Waals surface area (Å²) in [5, 5.41) is 7.52. The SMILES string of the molecule is CN(C)[C@@H](CNC(=O)c1ccc(CNC(N)=O)cc1)c1cccs1. The Labute approximate surface area is 145 Å². The number of urea groups is 1. The molecule has 1 atom stereocenters. The minimum Gasteiger partial charge on any atom is -0.352 e. The molecule has 24 heavy (non-hydrogen) atoms. The van der Waals surface area contributed by atoms with E-state index in [1.807, 2.05) is 25.5 Å². The van der Waals surface area contributed by atoms with Crippen LogP contribution >= 0.6 is 11.3 Å². The fourth-order valence-corrected chi connectivity index (χ4v) is 3.20. The topological polar surface area (TPSA) is 87.5 Å². The minimum atomic E-state index is -0.569. The van der Waals surface area contributed by atoms with Gasteiger partial charge in [0.05, 0.1) is 6.04 Å². The molecule has 1 aromatic heterocycles. The zero-order chi connectivity index (χ0) is 17.5. The number of carbonyl (C=O) groups excluding carboxylic acids is 2. The molecule has 1 heterocycles. The quantitative estimate of drug-likeness (QED) is 0.716. The van der Waals surface area contributed by atoms with Crippen molar-refractivity contribution in [1.82, 2.24) is 15.5 Å². The number of nitrogens with two attached hydrogens (primary N) is 1. The van der Waals surface area contributed by atoms with Gasteiger partial charge in [0.1, 0.15) is 0 Å². The lowest BCUT2D eigenvalue weighted by Gasteiger charge is -2.23. The first-order valence-electron chi connectivity index (χ1n) is 7.57. The van der Waals surface area contributed by atoms with Gasteiger partial charge in [0.2, 0.25) is 0 Å². The van der Waals surface area contributed by atoms with Crippen molar-refractivity contribution < 1.29 is 9.59 Å². The van der Waals surface area contributed by atoms with Crippen LogP contribution in [-0.4, -0.2) is 37.5 Å². The van der Waals surface area contributed by atoms with Crippen molar-refractivity contribution in [3.63, 3.8) is 0 Å². The van der Waals surface area contributed by atoms with Gasteiger partial charge in [-0.2, -0.15) is 0 Å². The summed E-state index contributed by atoms with van der Waals surface area (Å²) in [6.45, 7) is 0.885. The third-order valence-corrected chi connectivity index (χ3v) is 4.61. The summed E-state index contributed by atoms with van der Waals surface area (Å²) in [7, 11) is 3.99. The Hall–Kier alpha value is -2.38. The molecule has 128 valence electrons. The molecule has 0 aliphatic rings. The predicted molar refractivity (Wildman–Crippen MR) is 95.9 cm³/mol. The Kier molecular flexibility index (Phi) is 6.34. The van der Waals surface area contributed by atoms with Gasteiger partial charge in [0.25, 0.3) is 5.91 Å². The Morgan fingerprint density at radius 2 is 1.88 bits per heavy atom. The summed E-state index contributed by atoms with van der Waals surface area (Å²) in [5.74, 6) is -0.118. The van der Waals surface area contributed by atoms with Crippen molar-refractivity contribution in [1.29, 1.82) is 0 Å². The van der Waals surface area contributed by atoms with Crippen LogP contribution in [0, 0.1) is 0 Å². The van der Waals surface area contributed by atoms with Crippen LogP contribution in [-0.2, 0) is 6.54 Å². The highest BCUT2D eigenvalue weighted by molar-refractivity contribution is 7.10. The smallest absolute Gasteiger partial charge is 0.312 e. The zero-order valence-corrected chi connectivity index (χ0v) is 14.6. The Balaban J connectivity index is 1.93. The van der Waals surface area contributed by atoms with Crippen LogP contribution in [0.25, 0.3) is 0 Å². The van der Waals surface area contributed by atoms with E-state index in [2.05, 4.69) is 21.6 Å². The number of thiophene rings is 1. The summed E-state index contributed by atoms with van der Waals surface area (Å²) >= 11 is 1.68. The fourth-order valence-electron chi connectivity index (χ4n) is 2.27. The third kappa shape index (κ3) is 5.07. The first kappa shape index (κ1) is 18.0. The highest BCUT2D eigenvalue weighted by Gasteiger charge is 2.16. The van der Waals surface area contributed by atoms with Gasteiger partial charge in [-0.25, -0.2) is 4.79 Å². The number of primary amides is 1. The number of carbonyl (C=O) groups is 2. The number of nitrogens with one attached hydrogen (secondary N) is 2. The number of rotatable bonds is 7. The van der Waals surface area contributed by atoms with Crippen molar-refractivity contribution in [2.24, 2.45) is 5.73 Å². The van der Waals surface area contributed by atoms with E-state index in [0.29, 0.717) is 18.7 Å². The lowest BCUT2D eigenvalue weighted by Crippen LogP contribution is -2.34. The first-order chi connectivity index (χ1) is 11.5. The van der Waals surface area contributed by atoms with E-state index in [1.165, 1.54) is 4.88 Å². The average Bonchev–Trinajstić information content (AvgIpc) is 3.07. The number of likely N-dealkylation sites (N-methyl/N-ethyl adjacent to an activating group) is 1. The molecule has 0 unspecified atom stereocenters. The average molecular weight is 346 g/mol. The molecule has 3 amide bonds.